The first-order chi connectivity index (χ1) is 11.9. The molecule has 0 aromatic heterocycles. The molecule has 1 heterocycles. The van der Waals surface area contributed by atoms with Crippen LogP contribution in [0, 0.1) is 11.7 Å². The van der Waals surface area contributed by atoms with E-state index in [-0.39, 0.29) is 17.7 Å². The topological polar surface area (TPSA) is 61.4 Å². The Labute approximate surface area is 149 Å². The Kier molecular flexibility index (Phi) is 6.93. The second kappa shape index (κ2) is 8.94. The van der Waals surface area contributed by atoms with Crippen molar-refractivity contribution in [2.75, 3.05) is 19.6 Å². The van der Waals surface area contributed by atoms with E-state index in [4.69, 9.17) is 0 Å². The predicted molar refractivity (Wildman–Crippen MR) is 95.8 cm³/mol. The van der Waals surface area contributed by atoms with E-state index >= 15 is 0 Å². The van der Waals surface area contributed by atoms with E-state index in [9.17, 15) is 14.0 Å². The zero-order chi connectivity index (χ0) is 18.4. The molecule has 1 fully saturated rings. The Bertz CT molecular complexity index is 589. The summed E-state index contributed by atoms with van der Waals surface area (Å²) in [5.41, 5.74) is 0.341. The SMILES string of the molecule is CCN1CCCC1CNC(=O)C(NC(=O)c1ccc(F)cc1)C(C)C. The minimum Gasteiger partial charge on any atom is -0.353 e. The summed E-state index contributed by atoms with van der Waals surface area (Å²) in [6.45, 7) is 8.57. The van der Waals surface area contributed by atoms with Crippen molar-refractivity contribution in [3.05, 3.63) is 35.6 Å². The van der Waals surface area contributed by atoms with Crippen LogP contribution in [0.15, 0.2) is 24.3 Å². The maximum atomic E-state index is 13.0. The maximum absolute atomic E-state index is 13.0. The minimum absolute atomic E-state index is 0.0461. The lowest BCUT2D eigenvalue weighted by Crippen LogP contribution is -2.52. The minimum atomic E-state index is -0.617. The summed E-state index contributed by atoms with van der Waals surface area (Å²) >= 11 is 0. The number of nitrogens with one attached hydrogen (secondary N) is 2. The molecule has 138 valence electrons. The van der Waals surface area contributed by atoms with E-state index in [0.29, 0.717) is 18.2 Å². The van der Waals surface area contributed by atoms with Gasteiger partial charge in [-0.3, -0.25) is 14.5 Å². The van der Waals surface area contributed by atoms with Crippen LogP contribution in [0.3, 0.4) is 0 Å². The number of carbonyl (C=O) groups excluding carboxylic acids is 2. The van der Waals surface area contributed by atoms with E-state index < -0.39 is 11.9 Å². The third-order valence-electron chi connectivity index (χ3n) is 4.76. The average molecular weight is 349 g/mol. The highest BCUT2D eigenvalue weighted by Crippen LogP contribution is 2.15. The molecule has 2 N–H and O–H groups in total. The molecule has 2 unspecified atom stereocenters. The van der Waals surface area contributed by atoms with Gasteiger partial charge in [-0.05, 0) is 56.1 Å². The molecular formula is C19H28FN3O2. The van der Waals surface area contributed by atoms with Gasteiger partial charge in [-0.25, -0.2) is 4.39 Å². The van der Waals surface area contributed by atoms with Crippen molar-refractivity contribution in [2.24, 2.45) is 5.92 Å². The summed E-state index contributed by atoms with van der Waals surface area (Å²) in [6, 6.07) is 5.05. The third kappa shape index (κ3) is 5.26. The molecule has 2 rings (SSSR count). The zero-order valence-corrected chi connectivity index (χ0v) is 15.2. The monoisotopic (exact) mass is 349 g/mol. The molecule has 1 aromatic carbocycles. The summed E-state index contributed by atoms with van der Waals surface area (Å²) in [6.07, 6.45) is 2.24. The predicted octanol–water partition coefficient (Wildman–Crippen LogP) is 2.18. The summed E-state index contributed by atoms with van der Waals surface area (Å²) < 4.78 is 13.0. The number of likely N-dealkylation sites (N-methyl/N-ethyl adjacent to an activating group) is 1. The fourth-order valence-electron chi connectivity index (χ4n) is 3.23. The Morgan fingerprint density at radius 1 is 1.28 bits per heavy atom. The largest absolute Gasteiger partial charge is 0.353 e. The van der Waals surface area contributed by atoms with Crippen molar-refractivity contribution in [1.29, 1.82) is 0 Å². The van der Waals surface area contributed by atoms with Gasteiger partial charge in [0.05, 0.1) is 0 Å². The van der Waals surface area contributed by atoms with Crippen molar-refractivity contribution < 1.29 is 14.0 Å². The van der Waals surface area contributed by atoms with Crippen molar-refractivity contribution >= 4 is 11.8 Å². The molecular weight excluding hydrogens is 321 g/mol. The highest BCUT2D eigenvalue weighted by molar-refractivity contribution is 5.97. The van der Waals surface area contributed by atoms with Gasteiger partial charge in [0.15, 0.2) is 0 Å². The van der Waals surface area contributed by atoms with Crippen LogP contribution < -0.4 is 10.6 Å². The van der Waals surface area contributed by atoms with Crippen LogP contribution in [0.5, 0.6) is 0 Å². The van der Waals surface area contributed by atoms with Gasteiger partial charge in [-0.1, -0.05) is 20.8 Å². The smallest absolute Gasteiger partial charge is 0.251 e. The number of benzene rings is 1. The van der Waals surface area contributed by atoms with Crippen LogP contribution in [-0.2, 0) is 4.79 Å². The van der Waals surface area contributed by atoms with Crippen LogP contribution in [0.25, 0.3) is 0 Å². The molecule has 0 saturated carbocycles. The van der Waals surface area contributed by atoms with E-state index in [1.54, 1.807) is 0 Å². The first kappa shape index (κ1) is 19.4. The van der Waals surface area contributed by atoms with E-state index in [2.05, 4.69) is 22.5 Å². The van der Waals surface area contributed by atoms with Crippen molar-refractivity contribution in [3.63, 3.8) is 0 Å². The number of hydrogen-bond acceptors (Lipinski definition) is 3. The van der Waals surface area contributed by atoms with Gasteiger partial charge in [0.25, 0.3) is 5.91 Å². The lowest BCUT2D eigenvalue weighted by Gasteiger charge is -2.26. The number of halogens is 1. The average Bonchev–Trinajstić information content (AvgIpc) is 3.05. The molecule has 1 saturated heterocycles. The molecule has 2 amide bonds. The Balaban J connectivity index is 1.93. The molecule has 5 nitrogen and oxygen atoms in total. The Morgan fingerprint density at radius 3 is 2.56 bits per heavy atom. The Hall–Kier alpha value is -1.95. The number of amides is 2. The van der Waals surface area contributed by atoms with Crippen molar-refractivity contribution in [1.82, 2.24) is 15.5 Å². The van der Waals surface area contributed by atoms with Gasteiger partial charge in [-0.15, -0.1) is 0 Å². The molecule has 2 atom stereocenters. The summed E-state index contributed by atoms with van der Waals surface area (Å²) in [4.78, 5) is 27.2. The van der Waals surface area contributed by atoms with Gasteiger partial charge in [0.1, 0.15) is 11.9 Å². The first-order valence-electron chi connectivity index (χ1n) is 9.00. The van der Waals surface area contributed by atoms with E-state index in [1.807, 2.05) is 13.8 Å². The lowest BCUT2D eigenvalue weighted by molar-refractivity contribution is -0.124. The fraction of sp³-hybridized carbons (Fsp3) is 0.579. The molecule has 1 aromatic rings. The summed E-state index contributed by atoms with van der Waals surface area (Å²) in [7, 11) is 0. The Morgan fingerprint density at radius 2 is 1.96 bits per heavy atom. The van der Waals surface area contributed by atoms with Crippen molar-refractivity contribution in [3.8, 4) is 0 Å². The van der Waals surface area contributed by atoms with Crippen LogP contribution in [0.2, 0.25) is 0 Å². The molecule has 0 bridgehead atoms. The fourth-order valence-corrected chi connectivity index (χ4v) is 3.23. The third-order valence-corrected chi connectivity index (χ3v) is 4.76. The van der Waals surface area contributed by atoms with Gasteiger partial charge < -0.3 is 10.6 Å². The normalized spacial score (nSPS) is 19.0. The summed E-state index contributed by atoms with van der Waals surface area (Å²) in [5, 5.41) is 5.75. The number of rotatable bonds is 7. The number of likely N-dealkylation sites (tertiary alicyclic amines) is 1. The number of nitrogens with zero attached hydrogens (tertiary/aromatic N) is 1. The number of carbonyl (C=O) groups is 2. The molecule has 1 aliphatic heterocycles. The van der Waals surface area contributed by atoms with E-state index in [1.165, 1.54) is 24.3 Å². The van der Waals surface area contributed by atoms with Crippen LogP contribution in [-0.4, -0.2) is 48.4 Å². The first-order valence-corrected chi connectivity index (χ1v) is 9.00. The van der Waals surface area contributed by atoms with Crippen molar-refractivity contribution in [2.45, 2.75) is 45.7 Å². The standard InChI is InChI=1S/C19H28FN3O2/c1-4-23-11-5-6-16(23)12-21-19(25)17(13(2)3)22-18(24)14-7-9-15(20)10-8-14/h7-10,13,16-17H,4-6,11-12H2,1-3H3,(H,21,25)(H,22,24). The molecule has 0 spiro atoms. The number of hydrogen-bond donors (Lipinski definition) is 2. The van der Waals surface area contributed by atoms with Gasteiger partial charge in [0, 0.05) is 18.2 Å². The molecule has 1 aliphatic rings. The van der Waals surface area contributed by atoms with Crippen LogP contribution in [0.1, 0.15) is 44.0 Å². The maximum Gasteiger partial charge on any atom is 0.251 e. The quantitative estimate of drug-likeness (QED) is 0.793. The summed E-state index contributed by atoms with van der Waals surface area (Å²) in [5.74, 6) is -0.986. The zero-order valence-electron chi connectivity index (χ0n) is 15.2. The van der Waals surface area contributed by atoms with E-state index in [0.717, 1.165) is 25.9 Å². The molecule has 0 radical (unpaired) electrons. The van der Waals surface area contributed by atoms with Gasteiger partial charge in [0.2, 0.25) is 5.91 Å². The molecule has 0 aliphatic carbocycles. The van der Waals surface area contributed by atoms with Crippen LogP contribution in [0.4, 0.5) is 4.39 Å². The second-order valence-corrected chi connectivity index (χ2v) is 6.87. The second-order valence-electron chi connectivity index (χ2n) is 6.87. The van der Waals surface area contributed by atoms with Gasteiger partial charge >= 0.3 is 0 Å². The highest BCUT2D eigenvalue weighted by Gasteiger charge is 2.27. The van der Waals surface area contributed by atoms with Gasteiger partial charge in [-0.2, -0.15) is 0 Å². The molecule has 6 heteroatoms. The van der Waals surface area contributed by atoms with Crippen LogP contribution >= 0.6 is 0 Å². The molecule has 25 heavy (non-hydrogen) atoms. The highest BCUT2D eigenvalue weighted by atomic mass is 19.1. The lowest BCUT2D eigenvalue weighted by atomic mass is 10.0.